The number of carbonyl (C=O) groups excluding carboxylic acids is 1. The number of carbonyl (C=O) groups is 1. The fraction of sp³-hybridized carbons (Fsp3) is 0.714. The maximum Gasteiger partial charge on any atom is 0.410 e. The van der Waals surface area contributed by atoms with Crippen LogP contribution in [0.2, 0.25) is 0 Å². The molecule has 1 unspecified atom stereocenters. The average molecular weight is 297 g/mol. The summed E-state index contributed by atoms with van der Waals surface area (Å²) >= 11 is 1.61. The molecule has 1 aliphatic heterocycles. The molecule has 0 radical (unpaired) electrons. The van der Waals surface area contributed by atoms with Gasteiger partial charge in [-0.1, -0.05) is 0 Å². The lowest BCUT2D eigenvalue weighted by molar-refractivity contribution is 0.0232. The van der Waals surface area contributed by atoms with E-state index in [-0.39, 0.29) is 12.1 Å². The van der Waals surface area contributed by atoms with Gasteiger partial charge in [-0.15, -0.1) is 11.3 Å². The molecule has 112 valence electrons. The summed E-state index contributed by atoms with van der Waals surface area (Å²) in [7, 11) is 2.02. The second-order valence-electron chi connectivity index (χ2n) is 6.16. The van der Waals surface area contributed by atoms with Crippen LogP contribution >= 0.6 is 11.3 Å². The first-order chi connectivity index (χ1) is 9.37. The molecule has 20 heavy (non-hydrogen) atoms. The summed E-state index contributed by atoms with van der Waals surface area (Å²) in [6.07, 6.45) is 3.66. The standard InChI is InChI=1S/C14H23N3O2S/c1-14(2,3)19-13(18)17-8-5-6-11(17)10-16(4)12-15-7-9-20-12/h7,9,11H,5-6,8,10H2,1-4H3. The Kier molecular flexibility index (Phi) is 4.52. The van der Waals surface area contributed by atoms with E-state index in [1.165, 1.54) is 0 Å². The van der Waals surface area contributed by atoms with Crippen LogP contribution < -0.4 is 4.90 Å². The minimum absolute atomic E-state index is 0.201. The highest BCUT2D eigenvalue weighted by Gasteiger charge is 2.32. The average Bonchev–Trinajstić information content (AvgIpc) is 2.96. The molecule has 2 rings (SSSR count). The number of likely N-dealkylation sites (N-methyl/N-ethyl adjacent to an activating group) is 1. The van der Waals surface area contributed by atoms with Gasteiger partial charge >= 0.3 is 6.09 Å². The monoisotopic (exact) mass is 297 g/mol. The highest BCUT2D eigenvalue weighted by atomic mass is 32.1. The van der Waals surface area contributed by atoms with E-state index in [1.54, 1.807) is 17.5 Å². The first kappa shape index (κ1) is 15.1. The molecule has 0 saturated carbocycles. The summed E-state index contributed by atoms with van der Waals surface area (Å²) in [5.41, 5.74) is -0.439. The van der Waals surface area contributed by atoms with Crippen LogP contribution in [0.4, 0.5) is 9.93 Å². The normalized spacial score (nSPS) is 19.2. The second kappa shape index (κ2) is 5.99. The number of likely N-dealkylation sites (tertiary alicyclic amines) is 1. The molecule has 0 N–H and O–H groups in total. The maximum absolute atomic E-state index is 12.2. The van der Waals surface area contributed by atoms with Gasteiger partial charge in [0.2, 0.25) is 0 Å². The van der Waals surface area contributed by atoms with Crippen LogP contribution in [0.5, 0.6) is 0 Å². The lowest BCUT2D eigenvalue weighted by Crippen LogP contribution is -2.44. The van der Waals surface area contributed by atoms with Crippen molar-refractivity contribution in [2.45, 2.75) is 45.3 Å². The number of hydrogen-bond acceptors (Lipinski definition) is 5. The molecular formula is C14H23N3O2S. The van der Waals surface area contributed by atoms with Crippen LogP contribution in [0.25, 0.3) is 0 Å². The third kappa shape index (κ3) is 3.85. The first-order valence-corrected chi connectivity index (χ1v) is 7.85. The van der Waals surface area contributed by atoms with E-state index in [9.17, 15) is 4.79 Å². The van der Waals surface area contributed by atoms with Crippen molar-refractivity contribution in [3.8, 4) is 0 Å². The van der Waals surface area contributed by atoms with Crippen molar-refractivity contribution in [2.75, 3.05) is 25.0 Å². The van der Waals surface area contributed by atoms with Crippen molar-refractivity contribution in [3.63, 3.8) is 0 Å². The molecule has 1 atom stereocenters. The highest BCUT2D eigenvalue weighted by Crippen LogP contribution is 2.23. The van der Waals surface area contributed by atoms with Gasteiger partial charge in [0.15, 0.2) is 5.13 Å². The molecule has 1 fully saturated rings. The zero-order chi connectivity index (χ0) is 14.8. The lowest BCUT2D eigenvalue weighted by Gasteiger charge is -2.30. The van der Waals surface area contributed by atoms with Gasteiger partial charge in [0.05, 0.1) is 6.04 Å². The van der Waals surface area contributed by atoms with Crippen LogP contribution in [0.3, 0.4) is 0 Å². The van der Waals surface area contributed by atoms with E-state index in [0.717, 1.165) is 31.1 Å². The molecule has 1 aromatic heterocycles. The van der Waals surface area contributed by atoms with Gasteiger partial charge in [0.1, 0.15) is 5.60 Å². The second-order valence-corrected chi connectivity index (χ2v) is 7.04. The van der Waals surface area contributed by atoms with Gasteiger partial charge in [0, 0.05) is 31.7 Å². The van der Waals surface area contributed by atoms with Gasteiger partial charge in [-0.25, -0.2) is 9.78 Å². The zero-order valence-electron chi connectivity index (χ0n) is 12.6. The van der Waals surface area contributed by atoms with Crippen molar-refractivity contribution < 1.29 is 9.53 Å². The predicted octanol–water partition coefficient (Wildman–Crippen LogP) is 2.98. The summed E-state index contributed by atoms with van der Waals surface area (Å²) in [4.78, 5) is 20.5. The van der Waals surface area contributed by atoms with Gasteiger partial charge in [-0.05, 0) is 33.6 Å². The maximum atomic E-state index is 12.2. The van der Waals surface area contributed by atoms with Crippen LogP contribution in [-0.4, -0.2) is 47.8 Å². The Bertz CT molecular complexity index is 442. The summed E-state index contributed by atoms with van der Waals surface area (Å²) in [5, 5.41) is 2.95. The fourth-order valence-corrected chi connectivity index (χ4v) is 3.00. The number of ether oxygens (including phenoxy) is 1. The molecule has 0 bridgehead atoms. The molecule has 1 amide bonds. The molecule has 5 nitrogen and oxygen atoms in total. The first-order valence-electron chi connectivity index (χ1n) is 6.97. The van der Waals surface area contributed by atoms with E-state index < -0.39 is 5.60 Å². The van der Waals surface area contributed by atoms with Crippen LogP contribution in [-0.2, 0) is 4.74 Å². The molecule has 6 heteroatoms. The fourth-order valence-electron chi connectivity index (χ4n) is 2.39. The van der Waals surface area contributed by atoms with Crippen molar-refractivity contribution in [1.29, 1.82) is 0 Å². The molecule has 1 aliphatic rings. The molecule has 0 aliphatic carbocycles. The number of nitrogens with zero attached hydrogens (tertiary/aromatic N) is 3. The smallest absolute Gasteiger partial charge is 0.410 e. The lowest BCUT2D eigenvalue weighted by atomic mass is 10.2. The number of hydrogen-bond donors (Lipinski definition) is 0. The van der Waals surface area contributed by atoms with Crippen molar-refractivity contribution >= 4 is 22.6 Å². The van der Waals surface area contributed by atoms with Crippen molar-refractivity contribution in [1.82, 2.24) is 9.88 Å². The number of anilines is 1. The van der Waals surface area contributed by atoms with E-state index in [1.807, 2.05) is 38.1 Å². The number of amides is 1. The molecular weight excluding hydrogens is 274 g/mol. The minimum Gasteiger partial charge on any atom is -0.444 e. The Labute approximate surface area is 124 Å². The molecule has 0 aromatic carbocycles. The van der Waals surface area contributed by atoms with Gasteiger partial charge in [-0.2, -0.15) is 0 Å². The quantitative estimate of drug-likeness (QED) is 0.860. The predicted molar refractivity (Wildman–Crippen MR) is 81.3 cm³/mol. The molecule has 1 aromatic rings. The molecule has 2 heterocycles. The van der Waals surface area contributed by atoms with E-state index in [2.05, 4.69) is 9.88 Å². The number of aromatic nitrogens is 1. The minimum atomic E-state index is -0.439. The number of rotatable bonds is 3. The largest absolute Gasteiger partial charge is 0.444 e. The Hall–Kier alpha value is -1.30. The van der Waals surface area contributed by atoms with Crippen LogP contribution in [0, 0.1) is 0 Å². The Morgan fingerprint density at radius 1 is 1.60 bits per heavy atom. The van der Waals surface area contributed by atoms with Gasteiger partial charge in [0.25, 0.3) is 0 Å². The summed E-state index contributed by atoms with van der Waals surface area (Å²) < 4.78 is 5.48. The topological polar surface area (TPSA) is 45.7 Å². The number of thiazole rings is 1. The Balaban J connectivity index is 1.95. The Morgan fingerprint density at radius 3 is 2.95 bits per heavy atom. The SMILES string of the molecule is CN(CC1CCCN1C(=O)OC(C)(C)C)c1nccs1. The zero-order valence-corrected chi connectivity index (χ0v) is 13.4. The van der Waals surface area contributed by atoms with E-state index in [4.69, 9.17) is 4.74 Å². The van der Waals surface area contributed by atoms with Crippen molar-refractivity contribution in [3.05, 3.63) is 11.6 Å². The molecule has 1 saturated heterocycles. The summed E-state index contributed by atoms with van der Waals surface area (Å²) in [6.45, 7) is 7.28. The third-order valence-corrected chi connectivity index (χ3v) is 4.12. The Morgan fingerprint density at radius 2 is 2.35 bits per heavy atom. The van der Waals surface area contributed by atoms with Gasteiger partial charge < -0.3 is 14.5 Å². The van der Waals surface area contributed by atoms with Crippen molar-refractivity contribution in [2.24, 2.45) is 0 Å². The van der Waals surface area contributed by atoms with Gasteiger partial charge in [-0.3, -0.25) is 0 Å². The summed E-state index contributed by atoms with van der Waals surface area (Å²) in [5.74, 6) is 0. The van der Waals surface area contributed by atoms with E-state index >= 15 is 0 Å². The molecule has 0 spiro atoms. The van der Waals surface area contributed by atoms with E-state index in [0.29, 0.717) is 0 Å². The van der Waals surface area contributed by atoms with Crippen LogP contribution in [0.15, 0.2) is 11.6 Å². The third-order valence-electron chi connectivity index (χ3n) is 3.24. The summed E-state index contributed by atoms with van der Waals surface area (Å²) in [6, 6.07) is 0.207. The highest BCUT2D eigenvalue weighted by molar-refractivity contribution is 7.13. The van der Waals surface area contributed by atoms with Crippen LogP contribution in [0.1, 0.15) is 33.6 Å².